The summed E-state index contributed by atoms with van der Waals surface area (Å²) in [6, 6.07) is -1.47. The number of unbranched alkanes of at least 4 members (excludes halogenated alkanes) is 3. The van der Waals surface area contributed by atoms with E-state index in [0.29, 0.717) is 63.6 Å². The van der Waals surface area contributed by atoms with Crippen LogP contribution in [0.2, 0.25) is 0 Å². The second kappa shape index (κ2) is 20.0. The number of carbonyl (C=O) groups excluding carboxylic acids is 4. The molecule has 4 amide bonds. The molecule has 236 valence electrons. The number of hydrogen-bond acceptors (Lipinski definition) is 9. The van der Waals surface area contributed by atoms with Gasteiger partial charge >= 0.3 is 0 Å². The van der Waals surface area contributed by atoms with Gasteiger partial charge in [-0.2, -0.15) is 0 Å². The van der Waals surface area contributed by atoms with Crippen LogP contribution in [0, 0.1) is 30.1 Å². The monoisotopic (exact) mass is 617 g/mol. The Morgan fingerprint density at radius 3 is 2.23 bits per heavy atom. The Balaban J connectivity index is 2.30. The van der Waals surface area contributed by atoms with Crippen LogP contribution in [0.15, 0.2) is 17.6 Å². The number of sulfone groups is 1. The lowest BCUT2D eigenvalue weighted by Gasteiger charge is -2.21. The van der Waals surface area contributed by atoms with Crippen molar-refractivity contribution < 1.29 is 27.6 Å². The number of hydrogen-bond donors (Lipinski definition) is 5. The Morgan fingerprint density at radius 1 is 0.930 bits per heavy atom. The van der Waals surface area contributed by atoms with E-state index in [1.807, 2.05) is 13.8 Å². The maximum absolute atomic E-state index is 12.7. The molecule has 1 aromatic heterocycles. The first-order valence-corrected chi connectivity index (χ1v) is 16.1. The molecule has 14 heteroatoms. The Hall–Kier alpha value is -4.01. The highest BCUT2D eigenvalue weighted by atomic mass is 32.2. The molecule has 6 N–H and O–H groups in total. The van der Waals surface area contributed by atoms with E-state index < -0.39 is 27.8 Å². The minimum atomic E-state index is -3.48. The maximum atomic E-state index is 12.7. The summed E-state index contributed by atoms with van der Waals surface area (Å²) in [5.41, 5.74) is 6.37. The van der Waals surface area contributed by atoms with E-state index in [-0.39, 0.29) is 41.8 Å². The van der Waals surface area contributed by atoms with E-state index in [9.17, 15) is 27.6 Å². The van der Waals surface area contributed by atoms with E-state index in [1.165, 1.54) is 12.4 Å². The number of terminal acetylenes is 1. The molecule has 2 atom stereocenters. The molecule has 1 rings (SSSR count). The molecule has 13 nitrogen and oxygen atoms in total. The van der Waals surface area contributed by atoms with E-state index in [4.69, 9.17) is 12.2 Å². The lowest BCUT2D eigenvalue weighted by Crippen LogP contribution is -2.49. The minimum Gasteiger partial charge on any atom is -0.355 e. The van der Waals surface area contributed by atoms with Crippen molar-refractivity contribution in [2.45, 2.75) is 82.5 Å². The van der Waals surface area contributed by atoms with Gasteiger partial charge in [0.15, 0.2) is 0 Å². The number of rotatable bonds is 18. The van der Waals surface area contributed by atoms with Crippen molar-refractivity contribution in [3.05, 3.63) is 18.0 Å². The van der Waals surface area contributed by atoms with Crippen LogP contribution >= 0.6 is 0 Å². The van der Waals surface area contributed by atoms with Gasteiger partial charge in [0.1, 0.15) is 6.04 Å². The summed E-state index contributed by atoms with van der Waals surface area (Å²) in [4.78, 5) is 56.4. The van der Waals surface area contributed by atoms with Crippen LogP contribution in [0.4, 0.5) is 0 Å². The van der Waals surface area contributed by atoms with Crippen LogP contribution in [0.3, 0.4) is 0 Å². The highest BCUT2D eigenvalue weighted by Gasteiger charge is 2.23. The fraction of sp³-hybridized carbons (Fsp3) is 0.586. The predicted molar refractivity (Wildman–Crippen MR) is 162 cm³/mol. The van der Waals surface area contributed by atoms with Crippen LogP contribution in [0.1, 0.15) is 70.8 Å². The van der Waals surface area contributed by atoms with Gasteiger partial charge in [0.25, 0.3) is 0 Å². The molecule has 0 radical (unpaired) electrons. The molecule has 43 heavy (non-hydrogen) atoms. The van der Waals surface area contributed by atoms with Crippen LogP contribution < -0.4 is 27.0 Å². The minimum absolute atomic E-state index is 0.134. The van der Waals surface area contributed by atoms with E-state index in [2.05, 4.69) is 49.0 Å². The SMILES string of the molecule is C#CCCCNC(=O)CNC(=O)C(N)CCCCNC(=O)C(NC(=O)CCCC#Cc1cnc(S(C)(=O)=O)nc1)C(C)C. The first-order valence-electron chi connectivity index (χ1n) is 14.2. The van der Waals surface area contributed by atoms with Crippen molar-refractivity contribution in [3.8, 4) is 24.2 Å². The van der Waals surface area contributed by atoms with Crippen molar-refractivity contribution in [3.63, 3.8) is 0 Å². The lowest BCUT2D eigenvalue weighted by atomic mass is 10.0. The number of nitrogens with two attached hydrogens (primary N) is 1. The zero-order valence-electron chi connectivity index (χ0n) is 25.1. The molecule has 0 spiro atoms. The molecular weight excluding hydrogens is 574 g/mol. The summed E-state index contributed by atoms with van der Waals surface area (Å²) in [5.74, 6) is 6.77. The first-order chi connectivity index (χ1) is 20.3. The van der Waals surface area contributed by atoms with Crippen molar-refractivity contribution >= 4 is 33.5 Å². The second-order valence-electron chi connectivity index (χ2n) is 10.2. The van der Waals surface area contributed by atoms with Gasteiger partial charge in [0.05, 0.1) is 18.2 Å². The third-order valence-electron chi connectivity index (χ3n) is 5.98. The predicted octanol–water partition coefficient (Wildman–Crippen LogP) is -0.198. The van der Waals surface area contributed by atoms with Gasteiger partial charge in [-0.15, -0.1) is 12.3 Å². The molecular formula is C29H43N7O6S. The van der Waals surface area contributed by atoms with Gasteiger partial charge in [0.2, 0.25) is 38.6 Å². The zero-order valence-corrected chi connectivity index (χ0v) is 25.9. The topological polar surface area (TPSA) is 202 Å². The molecule has 0 aliphatic carbocycles. The summed E-state index contributed by atoms with van der Waals surface area (Å²) >= 11 is 0. The molecule has 1 aromatic rings. The van der Waals surface area contributed by atoms with Crippen LogP contribution in [-0.4, -0.2) is 80.0 Å². The van der Waals surface area contributed by atoms with E-state index in [1.54, 1.807) is 0 Å². The van der Waals surface area contributed by atoms with Gasteiger partial charge in [-0.3, -0.25) is 19.2 Å². The summed E-state index contributed by atoms with van der Waals surface area (Å²) in [6.07, 6.45) is 12.7. The fourth-order valence-electron chi connectivity index (χ4n) is 3.58. The van der Waals surface area contributed by atoms with Gasteiger partial charge < -0.3 is 27.0 Å². The highest BCUT2D eigenvalue weighted by molar-refractivity contribution is 7.90. The lowest BCUT2D eigenvalue weighted by molar-refractivity contribution is -0.130. The Bertz CT molecular complexity index is 1280. The van der Waals surface area contributed by atoms with Crippen molar-refractivity contribution in [2.75, 3.05) is 25.9 Å². The summed E-state index contributed by atoms with van der Waals surface area (Å²) < 4.78 is 22.8. The first kappa shape index (κ1) is 37.0. The number of nitrogens with one attached hydrogen (secondary N) is 4. The standard InChI is InChI=1S/C29H43N7O6S/c1-5-6-11-16-31-25(38)20-33-27(39)23(30)14-10-12-17-32-28(40)26(21(2)3)36-24(37)15-9-7-8-13-22-18-34-29(35-19-22)43(4,41)42/h1,18-19,21,23,26H,6-7,9-12,14-17,20,30H2,2-4H3,(H,31,38)(H,32,40)(H,33,39)(H,36,37). The van der Waals surface area contributed by atoms with E-state index in [0.717, 1.165) is 6.26 Å². The molecule has 0 aliphatic rings. The van der Waals surface area contributed by atoms with Gasteiger partial charge in [-0.1, -0.05) is 25.7 Å². The molecule has 0 aliphatic heterocycles. The molecule has 1 heterocycles. The van der Waals surface area contributed by atoms with Gasteiger partial charge in [-0.05, 0) is 38.0 Å². The van der Waals surface area contributed by atoms with Crippen molar-refractivity contribution in [1.82, 2.24) is 31.2 Å². The fourth-order valence-corrected chi connectivity index (χ4v) is 4.06. The van der Waals surface area contributed by atoms with Crippen LogP contribution in [0.5, 0.6) is 0 Å². The molecule has 0 saturated heterocycles. The molecule has 0 aromatic carbocycles. The molecule has 0 bridgehead atoms. The normalized spacial score (nSPS) is 12.2. The maximum Gasteiger partial charge on any atom is 0.246 e. The Morgan fingerprint density at radius 2 is 1.60 bits per heavy atom. The van der Waals surface area contributed by atoms with E-state index >= 15 is 0 Å². The Labute approximate surface area is 254 Å². The molecule has 2 unspecified atom stereocenters. The van der Waals surface area contributed by atoms with Gasteiger partial charge in [-0.25, -0.2) is 18.4 Å². The number of nitrogens with zero attached hydrogens (tertiary/aromatic N) is 2. The smallest absolute Gasteiger partial charge is 0.246 e. The quantitative estimate of drug-likeness (QED) is 0.0840. The molecule has 0 fully saturated rings. The average molecular weight is 618 g/mol. The summed E-state index contributed by atoms with van der Waals surface area (Å²) in [5, 5.41) is 10.5. The second-order valence-corrected chi connectivity index (χ2v) is 12.1. The largest absolute Gasteiger partial charge is 0.355 e. The number of carbonyl (C=O) groups is 4. The summed E-state index contributed by atoms with van der Waals surface area (Å²) in [6.45, 7) is 4.31. The number of aromatic nitrogens is 2. The van der Waals surface area contributed by atoms with Crippen LogP contribution in [-0.2, 0) is 29.0 Å². The van der Waals surface area contributed by atoms with Crippen LogP contribution in [0.25, 0.3) is 0 Å². The van der Waals surface area contributed by atoms with Crippen molar-refractivity contribution in [1.29, 1.82) is 0 Å². The highest BCUT2D eigenvalue weighted by Crippen LogP contribution is 2.05. The third-order valence-corrected chi connectivity index (χ3v) is 6.86. The number of amides is 4. The zero-order chi connectivity index (χ0) is 32.3. The third kappa shape index (κ3) is 16.3. The Kier molecular flexibility index (Phi) is 17.2. The summed E-state index contributed by atoms with van der Waals surface area (Å²) in [7, 11) is -3.48. The van der Waals surface area contributed by atoms with Gasteiger partial charge in [0, 0.05) is 51.0 Å². The average Bonchev–Trinajstić information content (AvgIpc) is 2.95. The van der Waals surface area contributed by atoms with Crippen molar-refractivity contribution in [2.24, 2.45) is 11.7 Å². The molecule has 0 saturated carbocycles.